The van der Waals surface area contributed by atoms with E-state index in [2.05, 4.69) is 5.32 Å². The maximum absolute atomic E-state index is 12.5. The van der Waals surface area contributed by atoms with Gasteiger partial charge in [0.25, 0.3) is 5.91 Å². The number of amides is 2. The Kier molecular flexibility index (Phi) is 4.96. The number of carbonyl (C=O) groups is 2. The smallest absolute Gasteiger partial charge is 0.255 e. The Labute approximate surface area is 125 Å². The Morgan fingerprint density at radius 1 is 1.19 bits per heavy atom. The van der Waals surface area contributed by atoms with Crippen molar-refractivity contribution < 1.29 is 9.59 Å². The fraction of sp³-hybridized carbons (Fsp3) is 0.500. The molecule has 3 N–H and O–H groups in total. The van der Waals surface area contributed by atoms with Crippen LogP contribution in [0, 0.1) is 5.92 Å². The second kappa shape index (κ2) is 6.72. The van der Waals surface area contributed by atoms with Crippen LogP contribution in [0.4, 0.5) is 5.69 Å². The molecule has 5 heteroatoms. The predicted octanol–water partition coefficient (Wildman–Crippen LogP) is 1.84. The summed E-state index contributed by atoms with van der Waals surface area (Å²) in [7, 11) is 0. The SMILES string of the molecule is CC(N)C(C)C(=O)Nc1ccccc1C(=O)N1CCCC1. The molecule has 2 unspecified atom stereocenters. The summed E-state index contributed by atoms with van der Waals surface area (Å²) in [6, 6.07) is 6.91. The summed E-state index contributed by atoms with van der Waals surface area (Å²) in [6.45, 7) is 5.16. The quantitative estimate of drug-likeness (QED) is 0.888. The van der Waals surface area contributed by atoms with Crippen molar-refractivity contribution in [2.45, 2.75) is 32.7 Å². The number of carbonyl (C=O) groups excluding carboxylic acids is 2. The van der Waals surface area contributed by atoms with Crippen molar-refractivity contribution >= 4 is 17.5 Å². The Bertz CT molecular complexity index is 522. The molecule has 1 saturated heterocycles. The minimum absolute atomic E-state index is 0.0168. The van der Waals surface area contributed by atoms with Gasteiger partial charge >= 0.3 is 0 Å². The first-order chi connectivity index (χ1) is 10.0. The lowest BCUT2D eigenvalue weighted by molar-refractivity contribution is -0.119. The molecule has 1 heterocycles. The molecule has 114 valence electrons. The maximum Gasteiger partial charge on any atom is 0.255 e. The molecule has 1 aromatic rings. The second-order valence-corrected chi connectivity index (χ2v) is 5.68. The average Bonchev–Trinajstić information content (AvgIpc) is 3.00. The van der Waals surface area contributed by atoms with Crippen LogP contribution in [0.1, 0.15) is 37.0 Å². The number of nitrogens with two attached hydrogens (primary N) is 1. The molecule has 1 fully saturated rings. The van der Waals surface area contributed by atoms with Gasteiger partial charge in [-0.2, -0.15) is 0 Å². The molecule has 0 aromatic heterocycles. The van der Waals surface area contributed by atoms with Gasteiger partial charge < -0.3 is 16.0 Å². The van der Waals surface area contributed by atoms with Gasteiger partial charge in [0.05, 0.1) is 17.2 Å². The first-order valence-electron chi connectivity index (χ1n) is 7.45. The van der Waals surface area contributed by atoms with Crippen LogP contribution in [-0.4, -0.2) is 35.8 Å². The monoisotopic (exact) mass is 289 g/mol. The van der Waals surface area contributed by atoms with Gasteiger partial charge in [0, 0.05) is 19.1 Å². The highest BCUT2D eigenvalue weighted by Crippen LogP contribution is 2.21. The van der Waals surface area contributed by atoms with Crippen LogP contribution < -0.4 is 11.1 Å². The van der Waals surface area contributed by atoms with Gasteiger partial charge in [-0.05, 0) is 31.9 Å². The van der Waals surface area contributed by atoms with Gasteiger partial charge in [0.15, 0.2) is 0 Å². The minimum Gasteiger partial charge on any atom is -0.339 e. The summed E-state index contributed by atoms with van der Waals surface area (Å²) in [4.78, 5) is 26.5. The molecule has 1 aromatic carbocycles. The topological polar surface area (TPSA) is 75.4 Å². The molecule has 1 aliphatic heterocycles. The van der Waals surface area contributed by atoms with E-state index in [1.165, 1.54) is 0 Å². The molecular formula is C16H23N3O2. The van der Waals surface area contributed by atoms with Crippen LogP contribution in [-0.2, 0) is 4.79 Å². The van der Waals surface area contributed by atoms with Gasteiger partial charge in [-0.25, -0.2) is 0 Å². The molecule has 1 aliphatic rings. The number of hydrogen-bond donors (Lipinski definition) is 2. The van der Waals surface area contributed by atoms with E-state index in [9.17, 15) is 9.59 Å². The number of likely N-dealkylation sites (tertiary alicyclic amines) is 1. The minimum atomic E-state index is -0.306. The van der Waals surface area contributed by atoms with Crippen molar-refractivity contribution in [1.82, 2.24) is 4.90 Å². The molecule has 0 aliphatic carbocycles. The normalized spacial score (nSPS) is 17.4. The molecule has 2 atom stereocenters. The Hall–Kier alpha value is -1.88. The number of para-hydroxylation sites is 1. The molecule has 21 heavy (non-hydrogen) atoms. The summed E-state index contributed by atoms with van der Waals surface area (Å²) in [5.74, 6) is -0.483. The third-order valence-corrected chi connectivity index (χ3v) is 4.01. The number of nitrogens with zero attached hydrogens (tertiary/aromatic N) is 1. The molecule has 0 saturated carbocycles. The van der Waals surface area contributed by atoms with Crippen LogP contribution in [0.25, 0.3) is 0 Å². The summed E-state index contributed by atoms with van der Waals surface area (Å²) < 4.78 is 0. The third kappa shape index (κ3) is 3.61. The summed E-state index contributed by atoms with van der Waals surface area (Å²) in [6.07, 6.45) is 2.09. The van der Waals surface area contributed by atoms with Gasteiger partial charge in [0.1, 0.15) is 0 Å². The summed E-state index contributed by atoms with van der Waals surface area (Å²) >= 11 is 0. The zero-order valence-electron chi connectivity index (χ0n) is 12.6. The lowest BCUT2D eigenvalue weighted by Gasteiger charge is -2.20. The summed E-state index contributed by atoms with van der Waals surface area (Å²) in [5, 5.41) is 2.83. The van der Waals surface area contributed by atoms with E-state index in [0.717, 1.165) is 25.9 Å². The fourth-order valence-electron chi connectivity index (χ4n) is 2.35. The molecule has 0 radical (unpaired) electrons. The fourth-order valence-corrected chi connectivity index (χ4v) is 2.35. The van der Waals surface area contributed by atoms with E-state index >= 15 is 0 Å². The van der Waals surface area contributed by atoms with Crippen molar-refractivity contribution in [1.29, 1.82) is 0 Å². The molecule has 2 rings (SSSR count). The van der Waals surface area contributed by atoms with E-state index in [4.69, 9.17) is 5.73 Å². The van der Waals surface area contributed by atoms with Crippen molar-refractivity contribution in [3.05, 3.63) is 29.8 Å². The molecular weight excluding hydrogens is 266 g/mol. The van der Waals surface area contributed by atoms with E-state index in [1.54, 1.807) is 26.0 Å². The second-order valence-electron chi connectivity index (χ2n) is 5.68. The van der Waals surface area contributed by atoms with E-state index in [-0.39, 0.29) is 23.8 Å². The van der Waals surface area contributed by atoms with E-state index in [1.807, 2.05) is 17.0 Å². The largest absolute Gasteiger partial charge is 0.339 e. The highest BCUT2D eigenvalue weighted by molar-refractivity contribution is 6.04. The first kappa shape index (κ1) is 15.5. The number of rotatable bonds is 4. The standard InChI is InChI=1S/C16H23N3O2/c1-11(12(2)17)15(20)18-14-8-4-3-7-13(14)16(21)19-9-5-6-10-19/h3-4,7-8,11-12H,5-6,9-10,17H2,1-2H3,(H,18,20). The predicted molar refractivity (Wildman–Crippen MR) is 83.0 cm³/mol. The highest BCUT2D eigenvalue weighted by Gasteiger charge is 2.23. The zero-order valence-corrected chi connectivity index (χ0v) is 12.6. The number of hydrogen-bond acceptors (Lipinski definition) is 3. The number of anilines is 1. The van der Waals surface area contributed by atoms with Gasteiger partial charge in [-0.3, -0.25) is 9.59 Å². The lowest BCUT2D eigenvalue weighted by atomic mass is 10.0. The molecule has 5 nitrogen and oxygen atoms in total. The van der Waals surface area contributed by atoms with Gasteiger partial charge in [-0.15, -0.1) is 0 Å². The van der Waals surface area contributed by atoms with E-state index in [0.29, 0.717) is 11.3 Å². The van der Waals surface area contributed by atoms with Gasteiger partial charge in [-0.1, -0.05) is 19.1 Å². The molecule has 0 bridgehead atoms. The molecule has 2 amide bonds. The van der Waals surface area contributed by atoms with Crippen molar-refractivity contribution in [2.24, 2.45) is 11.7 Å². The van der Waals surface area contributed by atoms with Crippen LogP contribution in [0.15, 0.2) is 24.3 Å². The van der Waals surface area contributed by atoms with Crippen molar-refractivity contribution in [3.63, 3.8) is 0 Å². The Morgan fingerprint density at radius 3 is 2.43 bits per heavy atom. The first-order valence-corrected chi connectivity index (χ1v) is 7.45. The van der Waals surface area contributed by atoms with Crippen molar-refractivity contribution in [3.8, 4) is 0 Å². The van der Waals surface area contributed by atoms with Crippen LogP contribution >= 0.6 is 0 Å². The highest BCUT2D eigenvalue weighted by atomic mass is 16.2. The van der Waals surface area contributed by atoms with Crippen molar-refractivity contribution in [2.75, 3.05) is 18.4 Å². The number of benzene rings is 1. The zero-order chi connectivity index (χ0) is 15.4. The van der Waals surface area contributed by atoms with Gasteiger partial charge in [0.2, 0.25) is 5.91 Å². The van der Waals surface area contributed by atoms with Crippen LogP contribution in [0.2, 0.25) is 0 Å². The summed E-state index contributed by atoms with van der Waals surface area (Å²) in [5.41, 5.74) is 6.86. The number of nitrogens with one attached hydrogen (secondary N) is 1. The Balaban J connectivity index is 2.17. The lowest BCUT2D eigenvalue weighted by Crippen LogP contribution is -2.35. The molecule has 0 spiro atoms. The third-order valence-electron chi connectivity index (χ3n) is 4.01. The van der Waals surface area contributed by atoms with E-state index < -0.39 is 0 Å². The van der Waals surface area contributed by atoms with Crippen LogP contribution in [0.5, 0.6) is 0 Å². The average molecular weight is 289 g/mol. The van der Waals surface area contributed by atoms with Crippen LogP contribution in [0.3, 0.4) is 0 Å². The maximum atomic E-state index is 12.5. The Morgan fingerprint density at radius 2 is 1.81 bits per heavy atom.